The molecule has 84 valence electrons. The molecule has 2 heterocycles. The second-order valence-corrected chi connectivity index (χ2v) is 3.87. The molecule has 5 heteroatoms. The van der Waals surface area contributed by atoms with E-state index in [-0.39, 0.29) is 18.2 Å². The lowest BCUT2D eigenvalue weighted by Crippen LogP contribution is -2.52. The number of ketones is 1. The highest BCUT2D eigenvalue weighted by Gasteiger charge is 2.33. The summed E-state index contributed by atoms with van der Waals surface area (Å²) in [4.78, 5) is 28.0. The summed E-state index contributed by atoms with van der Waals surface area (Å²) < 4.78 is 0. The topological polar surface area (TPSA) is 70.5 Å². The highest BCUT2D eigenvalue weighted by molar-refractivity contribution is 5.95. The number of hydrogen-bond donors (Lipinski definition) is 1. The average molecular weight is 220 g/mol. The molecular weight excluding hydrogens is 208 g/mol. The van der Waals surface area contributed by atoms with E-state index in [1.165, 1.54) is 0 Å². The van der Waals surface area contributed by atoms with Crippen LogP contribution in [0, 0.1) is 5.92 Å². The lowest BCUT2D eigenvalue weighted by Gasteiger charge is -2.35. The number of aromatic nitrogens is 1. The van der Waals surface area contributed by atoms with E-state index in [1.807, 2.05) is 4.90 Å². The van der Waals surface area contributed by atoms with Crippen molar-refractivity contribution in [2.75, 3.05) is 19.6 Å². The minimum atomic E-state index is -0.790. The number of rotatable bonds is 4. The first-order valence-corrected chi connectivity index (χ1v) is 5.06. The fraction of sp³-hybridized carbons (Fsp3) is 0.364. The van der Waals surface area contributed by atoms with Crippen LogP contribution in [0.5, 0.6) is 0 Å². The van der Waals surface area contributed by atoms with Gasteiger partial charge >= 0.3 is 5.97 Å². The van der Waals surface area contributed by atoms with Crippen LogP contribution in [-0.2, 0) is 4.79 Å². The highest BCUT2D eigenvalue weighted by atomic mass is 16.4. The Hall–Kier alpha value is -1.75. The molecule has 0 aromatic carbocycles. The van der Waals surface area contributed by atoms with Crippen LogP contribution >= 0.6 is 0 Å². The van der Waals surface area contributed by atoms with Gasteiger partial charge < -0.3 is 5.11 Å². The molecule has 0 atom stereocenters. The van der Waals surface area contributed by atoms with Crippen molar-refractivity contribution in [2.45, 2.75) is 0 Å². The van der Waals surface area contributed by atoms with Gasteiger partial charge in [-0.3, -0.25) is 19.5 Å². The van der Waals surface area contributed by atoms with Crippen molar-refractivity contribution in [1.82, 2.24) is 9.88 Å². The highest BCUT2D eigenvalue weighted by Crippen LogP contribution is 2.15. The Kier molecular flexibility index (Phi) is 2.96. The second kappa shape index (κ2) is 4.40. The molecule has 0 spiro atoms. The smallest absolute Gasteiger partial charge is 0.309 e. The molecule has 0 bridgehead atoms. The van der Waals surface area contributed by atoms with Gasteiger partial charge in [0.2, 0.25) is 0 Å². The Morgan fingerprint density at radius 1 is 1.44 bits per heavy atom. The number of carbonyl (C=O) groups is 2. The fourth-order valence-corrected chi connectivity index (χ4v) is 1.67. The first-order valence-electron chi connectivity index (χ1n) is 5.06. The van der Waals surface area contributed by atoms with Gasteiger partial charge in [-0.15, -0.1) is 0 Å². The molecule has 2 rings (SSSR count). The van der Waals surface area contributed by atoms with Gasteiger partial charge in [-0.05, 0) is 12.1 Å². The van der Waals surface area contributed by atoms with Gasteiger partial charge in [0.1, 0.15) is 5.69 Å². The van der Waals surface area contributed by atoms with Crippen molar-refractivity contribution in [3.05, 3.63) is 30.1 Å². The van der Waals surface area contributed by atoms with Crippen molar-refractivity contribution >= 4 is 11.8 Å². The van der Waals surface area contributed by atoms with Crippen LogP contribution in [0.15, 0.2) is 24.4 Å². The van der Waals surface area contributed by atoms with Gasteiger partial charge in [0.15, 0.2) is 5.78 Å². The van der Waals surface area contributed by atoms with Crippen molar-refractivity contribution in [1.29, 1.82) is 0 Å². The van der Waals surface area contributed by atoms with Crippen molar-refractivity contribution in [2.24, 2.45) is 5.92 Å². The van der Waals surface area contributed by atoms with Crippen LogP contribution in [-0.4, -0.2) is 46.4 Å². The van der Waals surface area contributed by atoms with Gasteiger partial charge in [-0.1, -0.05) is 6.07 Å². The van der Waals surface area contributed by atoms with Gasteiger partial charge in [-0.2, -0.15) is 0 Å². The lowest BCUT2D eigenvalue weighted by atomic mass is 10.00. The zero-order chi connectivity index (χ0) is 11.5. The van der Waals surface area contributed by atoms with Gasteiger partial charge in [-0.25, -0.2) is 0 Å². The first-order chi connectivity index (χ1) is 7.66. The Labute approximate surface area is 92.7 Å². The predicted octanol–water partition coefficient (Wildman–Crippen LogP) is 0.281. The Morgan fingerprint density at radius 2 is 2.19 bits per heavy atom. The Balaban J connectivity index is 1.84. The van der Waals surface area contributed by atoms with Gasteiger partial charge in [0.25, 0.3) is 0 Å². The molecule has 1 aliphatic heterocycles. The first kappa shape index (κ1) is 10.8. The van der Waals surface area contributed by atoms with Crippen molar-refractivity contribution in [3.8, 4) is 0 Å². The molecule has 1 fully saturated rings. The Morgan fingerprint density at radius 3 is 2.75 bits per heavy atom. The molecule has 0 radical (unpaired) electrons. The number of Topliss-reactive ketones (excluding diaryl/α,β-unsaturated/α-hetero) is 1. The molecule has 0 unspecified atom stereocenters. The van der Waals surface area contributed by atoms with Crippen LogP contribution < -0.4 is 0 Å². The largest absolute Gasteiger partial charge is 0.481 e. The van der Waals surface area contributed by atoms with Crippen LogP contribution in [0.4, 0.5) is 0 Å². The molecular formula is C11H12N2O3. The van der Waals surface area contributed by atoms with Crippen LogP contribution in [0.3, 0.4) is 0 Å². The number of hydrogen-bond acceptors (Lipinski definition) is 4. The summed E-state index contributed by atoms with van der Waals surface area (Å²) in [7, 11) is 0. The summed E-state index contributed by atoms with van der Waals surface area (Å²) in [5.74, 6) is -1.18. The lowest BCUT2D eigenvalue weighted by molar-refractivity contribution is -0.147. The third-order valence-electron chi connectivity index (χ3n) is 2.62. The van der Waals surface area contributed by atoms with Crippen LogP contribution in [0.1, 0.15) is 10.5 Å². The van der Waals surface area contributed by atoms with E-state index >= 15 is 0 Å². The molecule has 1 aromatic heterocycles. The summed E-state index contributed by atoms with van der Waals surface area (Å²) >= 11 is 0. The summed E-state index contributed by atoms with van der Waals surface area (Å²) in [6, 6.07) is 5.17. The quantitative estimate of drug-likeness (QED) is 0.738. The zero-order valence-electron chi connectivity index (χ0n) is 8.67. The molecule has 1 aromatic rings. The van der Waals surface area contributed by atoms with Crippen LogP contribution in [0.25, 0.3) is 0 Å². The minimum Gasteiger partial charge on any atom is -0.481 e. The SMILES string of the molecule is O=C(CN1CC(C(=O)O)C1)c1ccccn1. The number of nitrogens with zero attached hydrogens (tertiary/aromatic N) is 2. The number of aliphatic carboxylic acids is 1. The molecule has 16 heavy (non-hydrogen) atoms. The summed E-state index contributed by atoms with van der Waals surface area (Å²) in [5, 5.41) is 8.68. The second-order valence-electron chi connectivity index (χ2n) is 3.87. The Bertz CT molecular complexity index is 399. The average Bonchev–Trinajstić information content (AvgIpc) is 2.23. The van der Waals surface area contributed by atoms with Crippen LogP contribution in [0.2, 0.25) is 0 Å². The third kappa shape index (κ3) is 2.25. The number of pyridine rings is 1. The maximum absolute atomic E-state index is 11.7. The number of carboxylic acid groups (broad SMARTS) is 1. The number of carbonyl (C=O) groups excluding carboxylic acids is 1. The van der Waals surface area contributed by atoms with E-state index in [4.69, 9.17) is 5.11 Å². The molecule has 0 saturated carbocycles. The van der Waals surface area contributed by atoms with Gasteiger partial charge in [0.05, 0.1) is 12.5 Å². The molecule has 1 N–H and O–H groups in total. The van der Waals surface area contributed by atoms with Gasteiger partial charge in [0, 0.05) is 19.3 Å². The van der Waals surface area contributed by atoms with Crippen molar-refractivity contribution in [3.63, 3.8) is 0 Å². The molecule has 1 saturated heterocycles. The van der Waals surface area contributed by atoms with Crippen molar-refractivity contribution < 1.29 is 14.7 Å². The summed E-state index contributed by atoms with van der Waals surface area (Å²) in [5.41, 5.74) is 0.432. The van der Waals surface area contributed by atoms with E-state index in [1.54, 1.807) is 24.4 Å². The predicted molar refractivity (Wildman–Crippen MR) is 56.1 cm³/mol. The molecule has 0 aliphatic carbocycles. The maximum Gasteiger partial charge on any atom is 0.309 e. The normalized spacial score (nSPS) is 16.8. The monoisotopic (exact) mass is 220 g/mol. The molecule has 0 amide bonds. The van der Waals surface area contributed by atoms with E-state index in [0.717, 1.165) is 0 Å². The zero-order valence-corrected chi connectivity index (χ0v) is 8.67. The number of likely N-dealkylation sites (tertiary alicyclic amines) is 1. The molecule has 5 nitrogen and oxygen atoms in total. The minimum absolute atomic E-state index is 0.0653. The standard InChI is InChI=1S/C11H12N2O3/c14-10(9-3-1-2-4-12-9)7-13-5-8(6-13)11(15)16/h1-4,8H,5-7H2,(H,15,16). The van der Waals surface area contributed by atoms with E-state index in [2.05, 4.69) is 4.98 Å². The summed E-state index contributed by atoms with van der Waals surface area (Å²) in [6.45, 7) is 1.16. The molecule has 1 aliphatic rings. The van der Waals surface area contributed by atoms with E-state index in [9.17, 15) is 9.59 Å². The fourth-order valence-electron chi connectivity index (χ4n) is 1.67. The summed E-state index contributed by atoms with van der Waals surface area (Å²) in [6.07, 6.45) is 1.57. The van der Waals surface area contributed by atoms with E-state index < -0.39 is 5.97 Å². The third-order valence-corrected chi connectivity index (χ3v) is 2.62. The maximum atomic E-state index is 11.7. The van der Waals surface area contributed by atoms with E-state index in [0.29, 0.717) is 18.8 Å². The number of carboxylic acids is 1.